The number of hydrogen-bond donors (Lipinski definition) is 2. The van der Waals surface area contributed by atoms with Crippen LogP contribution in [0, 0.1) is 12.3 Å². The van der Waals surface area contributed by atoms with E-state index in [1.54, 1.807) is 11.1 Å². The molecule has 1 spiro atoms. The van der Waals surface area contributed by atoms with Crippen LogP contribution in [0.15, 0.2) is 17.1 Å². The average molecular weight is 502 g/mol. The van der Waals surface area contributed by atoms with Crippen molar-refractivity contribution in [2.45, 2.75) is 32.7 Å². The van der Waals surface area contributed by atoms with E-state index < -0.39 is 0 Å². The molecule has 6 rings (SSSR count). The normalized spacial score (nSPS) is 19.6. The number of nitrogens with zero attached hydrogens (tertiary/aromatic N) is 3. The van der Waals surface area contributed by atoms with Gasteiger partial charge in [0.1, 0.15) is 0 Å². The van der Waals surface area contributed by atoms with Crippen LogP contribution in [0.25, 0.3) is 10.9 Å². The highest BCUT2D eigenvalue weighted by Gasteiger charge is 2.45. The first-order valence-electron chi connectivity index (χ1n) is 11.5. The van der Waals surface area contributed by atoms with Gasteiger partial charge in [0.25, 0.3) is 11.5 Å². The van der Waals surface area contributed by atoms with E-state index in [1.165, 1.54) is 0 Å². The fraction of sp³-hybridized carbons (Fsp3) is 0.458. The largest absolute Gasteiger partial charge is 0.381 e. The third-order valence-electron chi connectivity index (χ3n) is 7.65. The first-order chi connectivity index (χ1) is 16.4. The molecule has 178 valence electrons. The molecule has 3 aromatic rings. The van der Waals surface area contributed by atoms with Crippen molar-refractivity contribution in [3.8, 4) is 0 Å². The zero-order valence-corrected chi connectivity index (χ0v) is 20.4. The summed E-state index contributed by atoms with van der Waals surface area (Å²) in [5.74, 6) is -0.205. The smallest absolute Gasteiger partial charge is 0.256 e. The molecule has 3 aliphatic rings. The van der Waals surface area contributed by atoms with Gasteiger partial charge in [0.15, 0.2) is 0 Å². The Morgan fingerprint density at radius 3 is 2.74 bits per heavy atom. The van der Waals surface area contributed by atoms with Crippen molar-refractivity contribution in [2.75, 3.05) is 37.7 Å². The lowest BCUT2D eigenvalue weighted by Crippen LogP contribution is -2.58. The fourth-order valence-electron chi connectivity index (χ4n) is 5.63. The highest BCUT2D eigenvalue weighted by Crippen LogP contribution is 2.47. The number of pyridine rings is 1. The van der Waals surface area contributed by atoms with Gasteiger partial charge in [0.05, 0.1) is 40.1 Å². The van der Waals surface area contributed by atoms with Gasteiger partial charge < -0.3 is 19.5 Å². The number of ether oxygens (including phenoxy) is 1. The van der Waals surface area contributed by atoms with Crippen LogP contribution in [0.5, 0.6) is 0 Å². The maximum absolute atomic E-state index is 13.6. The van der Waals surface area contributed by atoms with E-state index in [1.807, 2.05) is 13.0 Å². The number of rotatable bonds is 3. The molecule has 2 N–H and O–H groups in total. The summed E-state index contributed by atoms with van der Waals surface area (Å²) in [5.41, 5.74) is 3.95. The third kappa shape index (κ3) is 3.34. The first-order valence-corrected chi connectivity index (χ1v) is 12.3. The fourth-order valence-corrected chi connectivity index (χ4v) is 6.29. The molecule has 0 bridgehead atoms. The molecule has 8 nitrogen and oxygen atoms in total. The highest BCUT2D eigenvalue weighted by atomic mass is 35.5. The molecule has 1 amide bonds. The van der Waals surface area contributed by atoms with Gasteiger partial charge in [0.2, 0.25) is 0 Å². The number of fused-ring (bicyclic) bond motifs is 2. The summed E-state index contributed by atoms with van der Waals surface area (Å²) < 4.78 is 5.52. The maximum atomic E-state index is 13.6. The Balaban J connectivity index is 1.32. The molecule has 2 fully saturated rings. The van der Waals surface area contributed by atoms with Gasteiger partial charge in [-0.2, -0.15) is 5.10 Å². The number of aromatic nitrogens is 3. The Hall–Kier alpha value is -2.55. The van der Waals surface area contributed by atoms with Crippen LogP contribution in [0.1, 0.15) is 40.0 Å². The predicted octanol–water partition coefficient (Wildman–Crippen LogP) is 3.68. The monoisotopic (exact) mass is 501 g/mol. The highest BCUT2D eigenvalue weighted by molar-refractivity contribution is 6.39. The lowest BCUT2D eigenvalue weighted by Gasteiger charge is -2.53. The quantitative estimate of drug-likeness (QED) is 0.570. The Labute approximate surface area is 206 Å². The van der Waals surface area contributed by atoms with Crippen molar-refractivity contribution >= 4 is 45.7 Å². The van der Waals surface area contributed by atoms with E-state index >= 15 is 0 Å². The molecule has 1 aromatic carbocycles. The minimum absolute atomic E-state index is 0.164. The van der Waals surface area contributed by atoms with Crippen molar-refractivity contribution in [1.82, 2.24) is 20.1 Å². The van der Waals surface area contributed by atoms with E-state index in [0.29, 0.717) is 39.7 Å². The van der Waals surface area contributed by atoms with Crippen molar-refractivity contribution in [3.63, 3.8) is 0 Å². The molecule has 0 saturated carbocycles. The predicted molar refractivity (Wildman–Crippen MR) is 131 cm³/mol. The van der Waals surface area contributed by atoms with Gasteiger partial charge in [0, 0.05) is 54.4 Å². The summed E-state index contributed by atoms with van der Waals surface area (Å²) in [6, 6.07) is 1.90. The van der Waals surface area contributed by atoms with Crippen LogP contribution in [0.4, 0.5) is 5.69 Å². The standard InChI is InChI=1S/C24H25Cl2N5O3/c1-13-15-9-27-29-21(15)16(22(32)28-13)10-30-5-2-14-17(25)8-18(20(26)19(14)23(30)33)31-11-24(12-31)3-6-34-7-4-24/h8-9H,2-7,10-12H2,1H3,(H,27,29)(H,28,32). The second kappa shape index (κ2) is 8.00. The van der Waals surface area contributed by atoms with Gasteiger partial charge >= 0.3 is 0 Å². The van der Waals surface area contributed by atoms with E-state index in [9.17, 15) is 9.59 Å². The van der Waals surface area contributed by atoms with Crippen LogP contribution in [0.2, 0.25) is 10.0 Å². The zero-order chi connectivity index (χ0) is 23.6. The third-order valence-corrected chi connectivity index (χ3v) is 8.37. The molecule has 3 aliphatic heterocycles. The summed E-state index contributed by atoms with van der Waals surface area (Å²) in [7, 11) is 0. The van der Waals surface area contributed by atoms with Gasteiger partial charge in [-0.25, -0.2) is 0 Å². The lowest BCUT2D eigenvalue weighted by molar-refractivity contribution is -0.000186. The van der Waals surface area contributed by atoms with Crippen LogP contribution in [-0.2, 0) is 17.7 Å². The summed E-state index contributed by atoms with van der Waals surface area (Å²) >= 11 is 13.5. The van der Waals surface area contributed by atoms with Gasteiger partial charge in [-0.15, -0.1) is 0 Å². The molecule has 2 aromatic heterocycles. The van der Waals surface area contributed by atoms with E-state index in [4.69, 9.17) is 27.9 Å². The number of anilines is 1. The molecule has 0 unspecified atom stereocenters. The van der Waals surface area contributed by atoms with Gasteiger partial charge in [-0.1, -0.05) is 23.2 Å². The number of halogens is 2. The van der Waals surface area contributed by atoms with Crippen LogP contribution in [0.3, 0.4) is 0 Å². The Morgan fingerprint density at radius 2 is 1.97 bits per heavy atom. The number of carbonyl (C=O) groups is 1. The van der Waals surface area contributed by atoms with Crippen molar-refractivity contribution in [3.05, 3.63) is 55.0 Å². The number of aromatic amines is 2. The number of amides is 1. The minimum atomic E-state index is -0.229. The van der Waals surface area contributed by atoms with E-state index in [0.717, 1.165) is 61.5 Å². The van der Waals surface area contributed by atoms with Gasteiger partial charge in [-0.3, -0.25) is 14.7 Å². The summed E-state index contributed by atoms with van der Waals surface area (Å²) in [4.78, 5) is 33.1. The number of benzene rings is 1. The minimum Gasteiger partial charge on any atom is -0.381 e. The topological polar surface area (TPSA) is 94.3 Å². The second-order valence-electron chi connectivity index (χ2n) is 9.71. The molecule has 2 saturated heterocycles. The summed E-state index contributed by atoms with van der Waals surface area (Å²) in [5, 5.41) is 8.84. The average Bonchev–Trinajstić information content (AvgIpc) is 3.29. The molecule has 0 radical (unpaired) electrons. The second-order valence-corrected chi connectivity index (χ2v) is 10.5. The number of carbonyl (C=O) groups excluding carboxylic acids is 1. The summed E-state index contributed by atoms with van der Waals surface area (Å²) in [6.07, 6.45) is 4.34. The maximum Gasteiger partial charge on any atom is 0.256 e. The molecule has 0 atom stereocenters. The molecular weight excluding hydrogens is 477 g/mol. The Morgan fingerprint density at radius 1 is 1.21 bits per heavy atom. The summed E-state index contributed by atoms with van der Waals surface area (Å²) in [6.45, 7) is 5.81. The van der Waals surface area contributed by atoms with Crippen molar-refractivity contribution in [1.29, 1.82) is 0 Å². The molecule has 34 heavy (non-hydrogen) atoms. The van der Waals surface area contributed by atoms with E-state index in [2.05, 4.69) is 20.1 Å². The van der Waals surface area contributed by atoms with Crippen molar-refractivity contribution in [2.24, 2.45) is 5.41 Å². The zero-order valence-electron chi connectivity index (χ0n) is 18.8. The molecular formula is C24H25Cl2N5O3. The van der Waals surface area contributed by atoms with Crippen molar-refractivity contribution < 1.29 is 9.53 Å². The molecule has 10 heteroatoms. The van der Waals surface area contributed by atoms with E-state index in [-0.39, 0.29) is 23.4 Å². The Bertz CT molecular complexity index is 1370. The Kier molecular flexibility index (Phi) is 5.17. The van der Waals surface area contributed by atoms with Crippen LogP contribution >= 0.6 is 23.2 Å². The number of H-pyrrole nitrogens is 2. The number of hydrogen-bond acceptors (Lipinski definition) is 5. The lowest BCUT2D eigenvalue weighted by atomic mass is 9.73. The molecule has 5 heterocycles. The number of nitrogens with one attached hydrogen (secondary N) is 2. The molecule has 0 aliphatic carbocycles. The SMILES string of the molecule is Cc1[nH]c(=O)c(CN2CCc3c(Cl)cc(N4CC5(CCOCC5)C4)c(Cl)c3C2=O)c2[nH]ncc12. The van der Waals surface area contributed by atoms with Crippen LogP contribution < -0.4 is 10.5 Å². The van der Waals surface area contributed by atoms with Crippen LogP contribution in [-0.4, -0.2) is 58.8 Å². The first kappa shape index (κ1) is 21.9. The number of aryl methyl sites for hydroxylation is 1. The van der Waals surface area contributed by atoms with Gasteiger partial charge in [-0.05, 0) is 37.8 Å².